The fourth-order valence-corrected chi connectivity index (χ4v) is 3.53. The van der Waals surface area contributed by atoms with E-state index in [2.05, 4.69) is 20.9 Å². The number of hydrogen-bond acceptors (Lipinski definition) is 9. The zero-order valence-corrected chi connectivity index (χ0v) is 22.0. The third kappa shape index (κ3) is 15.5. The second-order valence-corrected chi connectivity index (χ2v) is 9.28. The number of rotatable bonds is 20. The van der Waals surface area contributed by atoms with Crippen molar-refractivity contribution in [2.45, 2.75) is 69.1 Å². The molecule has 0 aromatic heterocycles. The summed E-state index contributed by atoms with van der Waals surface area (Å²) in [5.74, 6) is -5.36. The van der Waals surface area contributed by atoms with Crippen LogP contribution in [-0.4, -0.2) is 94.5 Å². The second-order valence-electron chi connectivity index (χ2n) is 8.30. The molecular weight excluding hydrogens is 524 g/mol. The molecule has 0 fully saturated rings. The van der Waals surface area contributed by atoms with Gasteiger partial charge in [0.1, 0.15) is 18.1 Å². The largest absolute Gasteiger partial charge is 0.481 e. The Morgan fingerprint density at radius 3 is 1.84 bits per heavy atom. The first-order chi connectivity index (χ1) is 17.8. The third-order valence-corrected chi connectivity index (χ3v) is 5.77. The minimum absolute atomic E-state index is 0.0117. The first kappa shape index (κ1) is 34.4. The summed E-state index contributed by atoms with van der Waals surface area (Å²) in [6.07, 6.45) is 1.06. The van der Waals surface area contributed by atoms with E-state index in [0.717, 1.165) is 0 Å². The molecule has 0 heterocycles. The van der Waals surface area contributed by atoms with Gasteiger partial charge in [-0.2, -0.15) is 11.8 Å². The molecule has 216 valence electrons. The monoisotopic (exact) mass is 562 g/mol. The van der Waals surface area contributed by atoms with Gasteiger partial charge in [-0.25, -0.2) is 4.79 Å². The summed E-state index contributed by atoms with van der Waals surface area (Å²) in [5, 5.41) is 25.4. The molecule has 0 rings (SSSR count). The van der Waals surface area contributed by atoms with Crippen LogP contribution in [-0.2, 0) is 28.8 Å². The number of nitrogens with two attached hydrogens (primary N) is 4. The number of aliphatic imine (C=N–C) groups is 1. The van der Waals surface area contributed by atoms with Crippen molar-refractivity contribution in [3.63, 3.8) is 0 Å². The predicted molar refractivity (Wildman–Crippen MR) is 140 cm³/mol. The maximum atomic E-state index is 13.0. The lowest BCUT2D eigenvalue weighted by Crippen LogP contribution is -2.57. The van der Waals surface area contributed by atoms with Crippen molar-refractivity contribution in [2.24, 2.45) is 27.9 Å². The molecule has 13 N–H and O–H groups in total. The van der Waals surface area contributed by atoms with Gasteiger partial charge in [-0.05, 0) is 44.1 Å². The summed E-state index contributed by atoms with van der Waals surface area (Å²) in [5.41, 5.74) is 21.4. The van der Waals surface area contributed by atoms with Gasteiger partial charge in [0, 0.05) is 19.4 Å². The van der Waals surface area contributed by atoms with E-state index in [4.69, 9.17) is 28.0 Å². The molecule has 0 aliphatic carbocycles. The van der Waals surface area contributed by atoms with E-state index >= 15 is 0 Å². The van der Waals surface area contributed by atoms with Gasteiger partial charge in [-0.1, -0.05) is 0 Å². The highest BCUT2D eigenvalue weighted by Crippen LogP contribution is 2.07. The standard InChI is InChI=1S/C21H38N8O8S/c1-38-10-8-14(20(36)37)29-18(34)12(3-2-9-26-21(24)25)28-19(35)13(5-6-15(23)30)27-17(33)11(22)4-7-16(31)32/h11-14H,2-10,22H2,1H3,(H2,23,30)(H,27,33)(H,28,35)(H,29,34)(H,31,32)(H,36,37)(H4,24,25,26). The highest BCUT2D eigenvalue weighted by Gasteiger charge is 2.30. The molecule has 4 unspecified atom stereocenters. The highest BCUT2D eigenvalue weighted by molar-refractivity contribution is 7.98. The molecule has 0 spiro atoms. The summed E-state index contributed by atoms with van der Waals surface area (Å²) in [6, 6.07) is -5.03. The van der Waals surface area contributed by atoms with Crippen LogP contribution in [0.3, 0.4) is 0 Å². The Bertz CT molecular complexity index is 868. The summed E-state index contributed by atoms with van der Waals surface area (Å²) >= 11 is 1.39. The Labute approximate surface area is 224 Å². The van der Waals surface area contributed by atoms with E-state index < -0.39 is 59.7 Å². The minimum Gasteiger partial charge on any atom is -0.481 e. The highest BCUT2D eigenvalue weighted by atomic mass is 32.2. The number of carboxylic acids is 2. The minimum atomic E-state index is -1.34. The van der Waals surface area contributed by atoms with Gasteiger partial charge in [0.25, 0.3) is 0 Å². The molecule has 0 aromatic rings. The lowest BCUT2D eigenvalue weighted by molar-refractivity contribution is -0.142. The van der Waals surface area contributed by atoms with Gasteiger partial charge in [0.05, 0.1) is 6.04 Å². The molecule has 0 aromatic carbocycles. The number of hydrogen-bond donors (Lipinski definition) is 9. The molecule has 17 heteroatoms. The lowest BCUT2D eigenvalue weighted by atomic mass is 10.1. The topological polar surface area (TPSA) is 295 Å². The predicted octanol–water partition coefficient (Wildman–Crippen LogP) is -3.21. The Balaban J connectivity index is 5.66. The van der Waals surface area contributed by atoms with Gasteiger partial charge in [-0.15, -0.1) is 0 Å². The molecule has 0 bridgehead atoms. The van der Waals surface area contributed by atoms with E-state index in [1.165, 1.54) is 11.8 Å². The number of amides is 4. The van der Waals surface area contributed by atoms with Crippen LogP contribution in [0.25, 0.3) is 0 Å². The number of guanidine groups is 1. The molecule has 0 saturated heterocycles. The number of thioether (sulfide) groups is 1. The second kappa shape index (κ2) is 18.6. The van der Waals surface area contributed by atoms with Crippen LogP contribution in [0.2, 0.25) is 0 Å². The SMILES string of the molecule is CSCCC(NC(=O)C(CCCN=C(N)N)NC(=O)C(CCC(N)=O)NC(=O)C(N)CCC(=O)O)C(=O)O. The van der Waals surface area contributed by atoms with Crippen LogP contribution in [0.5, 0.6) is 0 Å². The van der Waals surface area contributed by atoms with Crippen LogP contribution in [0.1, 0.15) is 44.9 Å². The molecule has 38 heavy (non-hydrogen) atoms. The van der Waals surface area contributed by atoms with E-state index in [1.807, 2.05) is 0 Å². The van der Waals surface area contributed by atoms with Crippen molar-refractivity contribution in [2.75, 3.05) is 18.6 Å². The van der Waals surface area contributed by atoms with Crippen LogP contribution >= 0.6 is 11.8 Å². The van der Waals surface area contributed by atoms with Crippen molar-refractivity contribution in [1.29, 1.82) is 0 Å². The molecule has 4 amide bonds. The maximum Gasteiger partial charge on any atom is 0.326 e. The van der Waals surface area contributed by atoms with Gasteiger partial charge >= 0.3 is 11.9 Å². The van der Waals surface area contributed by atoms with Gasteiger partial charge in [0.2, 0.25) is 23.6 Å². The van der Waals surface area contributed by atoms with Crippen molar-refractivity contribution >= 4 is 53.3 Å². The number of nitrogens with one attached hydrogen (secondary N) is 3. The fraction of sp³-hybridized carbons (Fsp3) is 0.667. The lowest BCUT2D eigenvalue weighted by Gasteiger charge is -2.25. The maximum absolute atomic E-state index is 13.0. The van der Waals surface area contributed by atoms with Crippen LogP contribution in [0.15, 0.2) is 4.99 Å². The Hall–Kier alpha value is -3.60. The van der Waals surface area contributed by atoms with E-state index in [0.29, 0.717) is 5.75 Å². The van der Waals surface area contributed by atoms with Crippen LogP contribution in [0.4, 0.5) is 0 Å². The normalized spacial score (nSPS) is 13.7. The van der Waals surface area contributed by atoms with Gasteiger partial charge in [0.15, 0.2) is 5.96 Å². The Morgan fingerprint density at radius 2 is 1.34 bits per heavy atom. The molecule has 16 nitrogen and oxygen atoms in total. The van der Waals surface area contributed by atoms with E-state index in [9.17, 15) is 33.9 Å². The van der Waals surface area contributed by atoms with Crippen LogP contribution < -0.4 is 38.9 Å². The molecule has 0 radical (unpaired) electrons. The van der Waals surface area contributed by atoms with Crippen molar-refractivity contribution < 1.29 is 39.0 Å². The zero-order valence-electron chi connectivity index (χ0n) is 21.2. The summed E-state index contributed by atoms with van der Waals surface area (Å²) in [4.78, 5) is 75.8. The number of aliphatic carboxylic acids is 2. The zero-order chi connectivity index (χ0) is 29.3. The number of carbonyl (C=O) groups excluding carboxylic acids is 4. The fourth-order valence-electron chi connectivity index (χ4n) is 3.05. The van der Waals surface area contributed by atoms with Gasteiger partial charge in [-0.3, -0.25) is 29.0 Å². The van der Waals surface area contributed by atoms with Crippen molar-refractivity contribution in [3.05, 3.63) is 0 Å². The number of primary amides is 1. The summed E-state index contributed by atoms with van der Waals surface area (Å²) < 4.78 is 0. The smallest absolute Gasteiger partial charge is 0.326 e. The summed E-state index contributed by atoms with van der Waals surface area (Å²) in [7, 11) is 0. The molecular formula is C21H38N8O8S. The van der Waals surface area contributed by atoms with E-state index in [-0.39, 0.29) is 57.5 Å². The van der Waals surface area contributed by atoms with Crippen LogP contribution in [0, 0.1) is 0 Å². The quantitative estimate of drug-likeness (QED) is 0.0402. The molecule has 4 atom stereocenters. The third-order valence-electron chi connectivity index (χ3n) is 5.12. The van der Waals surface area contributed by atoms with Crippen molar-refractivity contribution in [3.8, 4) is 0 Å². The first-order valence-corrected chi connectivity index (χ1v) is 13.1. The molecule has 0 aliphatic rings. The number of nitrogens with zero attached hydrogens (tertiary/aromatic N) is 1. The van der Waals surface area contributed by atoms with Crippen molar-refractivity contribution in [1.82, 2.24) is 16.0 Å². The molecule has 0 saturated carbocycles. The molecule has 0 aliphatic heterocycles. The average Bonchev–Trinajstić information content (AvgIpc) is 2.83. The Kier molecular flexibility index (Phi) is 16.9. The van der Waals surface area contributed by atoms with Gasteiger partial charge < -0.3 is 49.1 Å². The average molecular weight is 563 g/mol. The van der Waals surface area contributed by atoms with E-state index in [1.54, 1.807) is 6.26 Å². The number of carbonyl (C=O) groups is 6. The summed E-state index contributed by atoms with van der Waals surface area (Å²) in [6.45, 7) is 0.122. The first-order valence-electron chi connectivity index (χ1n) is 11.7. The Morgan fingerprint density at radius 1 is 0.789 bits per heavy atom. The number of carboxylic acid groups (broad SMARTS) is 2.